The fourth-order valence-corrected chi connectivity index (χ4v) is 3.42. The minimum atomic E-state index is -1.46. The van der Waals surface area contributed by atoms with Gasteiger partial charge in [0.25, 0.3) is 0 Å². The van der Waals surface area contributed by atoms with Crippen molar-refractivity contribution >= 4 is 0 Å². The fraction of sp³-hybridized carbons (Fsp3) is 0.364. The monoisotopic (exact) mass is 342 g/mol. The van der Waals surface area contributed by atoms with Crippen LogP contribution in [-0.2, 0) is 12.8 Å². The van der Waals surface area contributed by atoms with Crippen molar-refractivity contribution in [1.29, 1.82) is 0 Å². The first kappa shape index (κ1) is 17.6. The van der Waals surface area contributed by atoms with Crippen LogP contribution in [0.1, 0.15) is 54.9 Å². The van der Waals surface area contributed by atoms with Gasteiger partial charge < -0.3 is 0 Å². The van der Waals surface area contributed by atoms with Crippen LogP contribution in [-0.4, -0.2) is 0 Å². The van der Waals surface area contributed by atoms with E-state index in [1.165, 1.54) is 36.8 Å². The lowest BCUT2D eigenvalue weighted by Crippen LogP contribution is -2.14. The maximum atomic E-state index is 13.2. The molecule has 3 rings (SSSR count). The SMILES string of the molecule is CCCCC1CCc2cc(C#Cc3cc(F)c(F)c(F)c3)ccc2C1. The molecule has 130 valence electrons. The molecule has 0 aliphatic heterocycles. The first-order valence-corrected chi connectivity index (χ1v) is 8.85. The zero-order valence-corrected chi connectivity index (χ0v) is 14.3. The number of rotatable bonds is 3. The molecule has 0 fully saturated rings. The van der Waals surface area contributed by atoms with Gasteiger partial charge in [-0.05, 0) is 60.6 Å². The van der Waals surface area contributed by atoms with E-state index >= 15 is 0 Å². The van der Waals surface area contributed by atoms with Crippen molar-refractivity contribution in [3.63, 3.8) is 0 Å². The maximum Gasteiger partial charge on any atom is 0.194 e. The van der Waals surface area contributed by atoms with Gasteiger partial charge in [-0.2, -0.15) is 0 Å². The summed E-state index contributed by atoms with van der Waals surface area (Å²) in [6.45, 7) is 2.22. The number of unbranched alkanes of at least 4 members (excludes halogenated alkanes) is 1. The highest BCUT2D eigenvalue weighted by molar-refractivity contribution is 5.46. The van der Waals surface area contributed by atoms with Crippen molar-refractivity contribution in [1.82, 2.24) is 0 Å². The first-order chi connectivity index (χ1) is 12.1. The Bertz CT molecular complexity index is 804. The summed E-state index contributed by atoms with van der Waals surface area (Å²) in [4.78, 5) is 0. The Balaban J connectivity index is 1.76. The standard InChI is InChI=1S/C22H21F3/c1-2-3-4-15-7-9-19-12-16(8-10-18(19)11-15)5-6-17-13-20(23)22(25)21(24)14-17/h8,10,12-15H,2-4,7,9,11H2,1H3. The molecule has 0 radical (unpaired) electrons. The van der Waals surface area contributed by atoms with E-state index in [0.717, 1.165) is 36.5 Å². The molecule has 3 heteroatoms. The van der Waals surface area contributed by atoms with Crippen LogP contribution in [0.15, 0.2) is 30.3 Å². The van der Waals surface area contributed by atoms with E-state index < -0.39 is 17.5 Å². The van der Waals surface area contributed by atoms with Gasteiger partial charge in [0.15, 0.2) is 17.5 Å². The average molecular weight is 342 g/mol. The third kappa shape index (κ3) is 4.25. The normalized spacial score (nSPS) is 16.1. The lowest BCUT2D eigenvalue weighted by molar-refractivity contribution is 0.413. The van der Waals surface area contributed by atoms with E-state index in [0.29, 0.717) is 0 Å². The molecule has 0 heterocycles. The van der Waals surface area contributed by atoms with Gasteiger partial charge in [-0.25, -0.2) is 13.2 Å². The third-order valence-electron chi connectivity index (χ3n) is 4.84. The summed E-state index contributed by atoms with van der Waals surface area (Å²) in [7, 11) is 0. The number of aryl methyl sites for hydroxylation is 1. The molecule has 0 nitrogen and oxygen atoms in total. The van der Waals surface area contributed by atoms with Gasteiger partial charge in [-0.1, -0.05) is 44.1 Å². The Morgan fingerprint density at radius 3 is 2.40 bits per heavy atom. The van der Waals surface area contributed by atoms with Crippen LogP contribution in [0.3, 0.4) is 0 Å². The molecule has 1 aliphatic carbocycles. The quantitative estimate of drug-likeness (QED) is 0.488. The van der Waals surface area contributed by atoms with Crippen LogP contribution in [0.2, 0.25) is 0 Å². The molecule has 25 heavy (non-hydrogen) atoms. The van der Waals surface area contributed by atoms with Gasteiger partial charge in [-0.15, -0.1) is 0 Å². The third-order valence-corrected chi connectivity index (χ3v) is 4.84. The van der Waals surface area contributed by atoms with Crippen molar-refractivity contribution in [2.75, 3.05) is 0 Å². The molecule has 0 bridgehead atoms. The lowest BCUT2D eigenvalue weighted by Gasteiger charge is -2.24. The summed E-state index contributed by atoms with van der Waals surface area (Å²) in [5, 5.41) is 0. The molecule has 1 atom stereocenters. The molecule has 2 aromatic carbocycles. The molecular weight excluding hydrogens is 321 g/mol. The van der Waals surface area contributed by atoms with Crippen LogP contribution < -0.4 is 0 Å². The van der Waals surface area contributed by atoms with E-state index in [-0.39, 0.29) is 5.56 Å². The first-order valence-electron chi connectivity index (χ1n) is 8.85. The van der Waals surface area contributed by atoms with Crippen molar-refractivity contribution in [3.05, 3.63) is 70.0 Å². The van der Waals surface area contributed by atoms with Crippen LogP contribution in [0.25, 0.3) is 0 Å². The average Bonchev–Trinajstić information content (AvgIpc) is 2.62. The van der Waals surface area contributed by atoms with Crippen LogP contribution in [0.4, 0.5) is 13.2 Å². The van der Waals surface area contributed by atoms with Gasteiger partial charge in [-0.3, -0.25) is 0 Å². The largest absolute Gasteiger partial charge is 0.204 e. The predicted molar refractivity (Wildman–Crippen MR) is 93.8 cm³/mol. The summed E-state index contributed by atoms with van der Waals surface area (Å²) in [5.74, 6) is 2.52. The Kier molecular flexibility index (Phi) is 5.48. The van der Waals surface area contributed by atoms with Crippen LogP contribution >= 0.6 is 0 Å². The van der Waals surface area contributed by atoms with Crippen LogP contribution in [0, 0.1) is 35.2 Å². The summed E-state index contributed by atoms with van der Waals surface area (Å²) >= 11 is 0. The van der Waals surface area contributed by atoms with E-state index in [2.05, 4.69) is 30.9 Å². The van der Waals surface area contributed by atoms with E-state index in [1.807, 2.05) is 6.07 Å². The number of fused-ring (bicyclic) bond motifs is 1. The molecule has 0 N–H and O–H groups in total. The molecular formula is C22H21F3. The number of hydrogen-bond donors (Lipinski definition) is 0. The van der Waals surface area contributed by atoms with Gasteiger partial charge >= 0.3 is 0 Å². The van der Waals surface area contributed by atoms with Crippen molar-refractivity contribution in [2.45, 2.75) is 45.4 Å². The van der Waals surface area contributed by atoms with Crippen LogP contribution in [0.5, 0.6) is 0 Å². The van der Waals surface area contributed by atoms with Crippen molar-refractivity contribution in [3.8, 4) is 11.8 Å². The summed E-state index contributed by atoms with van der Waals surface area (Å²) in [6.07, 6.45) is 7.20. The number of hydrogen-bond acceptors (Lipinski definition) is 0. The Morgan fingerprint density at radius 1 is 0.960 bits per heavy atom. The molecule has 0 spiro atoms. The van der Waals surface area contributed by atoms with Crippen molar-refractivity contribution < 1.29 is 13.2 Å². The smallest absolute Gasteiger partial charge is 0.194 e. The molecule has 0 saturated carbocycles. The van der Waals surface area contributed by atoms with E-state index in [4.69, 9.17) is 0 Å². The molecule has 2 aromatic rings. The van der Waals surface area contributed by atoms with E-state index in [1.54, 1.807) is 0 Å². The number of benzene rings is 2. The molecule has 0 aromatic heterocycles. The minimum absolute atomic E-state index is 0.133. The lowest BCUT2D eigenvalue weighted by atomic mass is 9.81. The zero-order valence-electron chi connectivity index (χ0n) is 14.3. The summed E-state index contributed by atoms with van der Waals surface area (Å²) in [5.41, 5.74) is 3.65. The van der Waals surface area contributed by atoms with Gasteiger partial charge in [0.2, 0.25) is 0 Å². The van der Waals surface area contributed by atoms with Gasteiger partial charge in [0.05, 0.1) is 0 Å². The second-order valence-electron chi connectivity index (χ2n) is 6.74. The fourth-order valence-electron chi connectivity index (χ4n) is 3.42. The second kappa shape index (κ2) is 7.78. The highest BCUT2D eigenvalue weighted by Crippen LogP contribution is 2.29. The highest BCUT2D eigenvalue weighted by atomic mass is 19.2. The predicted octanol–water partition coefficient (Wildman–Crippen LogP) is 5.80. The Labute approximate surface area is 147 Å². The molecule has 0 amide bonds. The maximum absolute atomic E-state index is 13.2. The van der Waals surface area contributed by atoms with Crippen molar-refractivity contribution in [2.24, 2.45) is 5.92 Å². The molecule has 0 saturated heterocycles. The summed E-state index contributed by atoms with van der Waals surface area (Å²) in [6, 6.07) is 7.96. The molecule has 1 aliphatic rings. The van der Waals surface area contributed by atoms with Gasteiger partial charge in [0.1, 0.15) is 0 Å². The Morgan fingerprint density at radius 2 is 1.68 bits per heavy atom. The molecule has 1 unspecified atom stereocenters. The second-order valence-corrected chi connectivity index (χ2v) is 6.74. The summed E-state index contributed by atoms with van der Waals surface area (Å²) < 4.78 is 39.4. The topological polar surface area (TPSA) is 0 Å². The Hall–Kier alpha value is -2.21. The highest BCUT2D eigenvalue weighted by Gasteiger charge is 2.18. The minimum Gasteiger partial charge on any atom is -0.204 e. The van der Waals surface area contributed by atoms with E-state index in [9.17, 15) is 13.2 Å². The number of halogens is 3. The van der Waals surface area contributed by atoms with Gasteiger partial charge in [0, 0.05) is 11.1 Å². The zero-order chi connectivity index (χ0) is 17.8.